The second-order valence-corrected chi connectivity index (χ2v) is 7.54. The predicted molar refractivity (Wildman–Crippen MR) is 119 cm³/mol. The summed E-state index contributed by atoms with van der Waals surface area (Å²) in [7, 11) is 1.62. The van der Waals surface area contributed by atoms with Gasteiger partial charge in [-0.2, -0.15) is 0 Å². The van der Waals surface area contributed by atoms with E-state index in [1.165, 1.54) is 6.92 Å². The van der Waals surface area contributed by atoms with Gasteiger partial charge in [0, 0.05) is 44.9 Å². The maximum atomic E-state index is 12.6. The molecule has 3 amide bonds. The molecule has 8 nitrogen and oxygen atoms in total. The Labute approximate surface area is 182 Å². The number of carbonyl (C=O) groups is 3. The zero-order valence-corrected chi connectivity index (χ0v) is 18.1. The van der Waals surface area contributed by atoms with Crippen LogP contribution in [0.2, 0.25) is 0 Å². The largest absolute Gasteiger partial charge is 0.497 e. The van der Waals surface area contributed by atoms with Crippen molar-refractivity contribution in [1.29, 1.82) is 0 Å². The Balaban J connectivity index is 1.62. The van der Waals surface area contributed by atoms with Crippen LogP contribution >= 0.6 is 0 Å². The van der Waals surface area contributed by atoms with Crippen LogP contribution in [0.15, 0.2) is 48.5 Å². The van der Waals surface area contributed by atoms with Gasteiger partial charge in [0.2, 0.25) is 17.7 Å². The number of amides is 3. The van der Waals surface area contributed by atoms with E-state index in [-0.39, 0.29) is 30.3 Å². The average molecular weight is 425 g/mol. The zero-order chi connectivity index (χ0) is 22.4. The summed E-state index contributed by atoms with van der Waals surface area (Å²) in [6.07, 6.45) is 0. The predicted octanol–water partition coefficient (Wildman–Crippen LogP) is 2.50. The van der Waals surface area contributed by atoms with Crippen molar-refractivity contribution in [2.75, 3.05) is 43.9 Å². The van der Waals surface area contributed by atoms with E-state index in [1.807, 2.05) is 29.2 Å². The number of methoxy groups -OCH3 is 1. The Bertz CT molecular complexity index is 928. The highest BCUT2D eigenvalue weighted by Gasteiger charge is 2.30. The number of nitrogens with zero attached hydrogens (tertiary/aromatic N) is 2. The van der Waals surface area contributed by atoms with Gasteiger partial charge in [0.05, 0.1) is 19.7 Å². The first-order valence-electron chi connectivity index (χ1n) is 10.2. The molecule has 1 aliphatic heterocycles. The van der Waals surface area contributed by atoms with Crippen molar-refractivity contribution in [2.24, 2.45) is 0 Å². The van der Waals surface area contributed by atoms with E-state index >= 15 is 0 Å². The van der Waals surface area contributed by atoms with Crippen molar-refractivity contribution in [3.05, 3.63) is 54.1 Å². The van der Waals surface area contributed by atoms with Crippen molar-refractivity contribution < 1.29 is 19.1 Å². The third kappa shape index (κ3) is 6.05. The topological polar surface area (TPSA) is 91.0 Å². The molecule has 0 unspecified atom stereocenters. The van der Waals surface area contributed by atoms with E-state index in [4.69, 9.17) is 4.74 Å². The number of carbonyl (C=O) groups excluding carboxylic acids is 3. The van der Waals surface area contributed by atoms with Gasteiger partial charge in [-0.1, -0.05) is 12.1 Å². The molecule has 8 heteroatoms. The Morgan fingerprint density at radius 1 is 0.935 bits per heavy atom. The third-order valence-corrected chi connectivity index (χ3v) is 5.23. The molecule has 0 aromatic heterocycles. The maximum Gasteiger partial charge on any atom is 0.238 e. The standard InChI is InChI=1S/C23H28N4O4/c1-16(28)24-19-6-8-20(9-7-19)25-23(30)15-26-12-13-27(17(2)29)22(14-26)18-4-10-21(31-3)11-5-18/h4-11,22H,12-15H2,1-3H3,(H,24,28)(H,25,30)/t22-/m0/s1. The number of hydrogen-bond acceptors (Lipinski definition) is 5. The zero-order valence-electron chi connectivity index (χ0n) is 18.1. The van der Waals surface area contributed by atoms with Crippen molar-refractivity contribution in [3.63, 3.8) is 0 Å². The van der Waals surface area contributed by atoms with Gasteiger partial charge < -0.3 is 20.3 Å². The lowest BCUT2D eigenvalue weighted by molar-refractivity contribution is -0.134. The second-order valence-electron chi connectivity index (χ2n) is 7.54. The molecular formula is C23H28N4O4. The third-order valence-electron chi connectivity index (χ3n) is 5.23. The monoisotopic (exact) mass is 424 g/mol. The Hall–Kier alpha value is -3.39. The molecule has 0 saturated carbocycles. The first-order chi connectivity index (χ1) is 14.9. The van der Waals surface area contributed by atoms with Gasteiger partial charge in [0.25, 0.3) is 0 Å². The number of benzene rings is 2. The van der Waals surface area contributed by atoms with Crippen molar-refractivity contribution in [1.82, 2.24) is 9.80 Å². The number of anilines is 2. The fourth-order valence-electron chi connectivity index (χ4n) is 3.72. The molecule has 1 saturated heterocycles. The Kier molecular flexibility index (Phi) is 7.25. The summed E-state index contributed by atoms with van der Waals surface area (Å²) in [5.74, 6) is 0.504. The molecule has 1 heterocycles. The second kappa shape index (κ2) is 10.1. The number of nitrogens with one attached hydrogen (secondary N) is 2. The summed E-state index contributed by atoms with van der Waals surface area (Å²) < 4.78 is 5.22. The van der Waals surface area contributed by atoms with E-state index in [9.17, 15) is 14.4 Å². The molecule has 0 aliphatic carbocycles. The number of ether oxygens (including phenoxy) is 1. The van der Waals surface area contributed by atoms with Gasteiger partial charge in [0.15, 0.2) is 0 Å². The normalized spacial score (nSPS) is 16.5. The first kappa shape index (κ1) is 22.3. The van der Waals surface area contributed by atoms with Crippen LogP contribution in [0.5, 0.6) is 5.75 Å². The van der Waals surface area contributed by atoms with Crippen LogP contribution in [-0.2, 0) is 14.4 Å². The highest BCUT2D eigenvalue weighted by molar-refractivity contribution is 5.93. The maximum absolute atomic E-state index is 12.6. The van der Waals surface area contributed by atoms with E-state index in [1.54, 1.807) is 38.3 Å². The Morgan fingerprint density at radius 3 is 2.10 bits per heavy atom. The van der Waals surface area contributed by atoms with Gasteiger partial charge in [-0.3, -0.25) is 19.3 Å². The Morgan fingerprint density at radius 2 is 1.55 bits per heavy atom. The summed E-state index contributed by atoms with van der Waals surface area (Å²) >= 11 is 0. The SMILES string of the molecule is COc1ccc([C@@H]2CN(CC(=O)Nc3ccc(NC(C)=O)cc3)CCN2C(C)=O)cc1. The smallest absolute Gasteiger partial charge is 0.238 e. The average Bonchev–Trinajstić information content (AvgIpc) is 2.74. The summed E-state index contributed by atoms with van der Waals surface area (Å²) in [4.78, 5) is 39.7. The van der Waals surface area contributed by atoms with Gasteiger partial charge in [-0.25, -0.2) is 0 Å². The van der Waals surface area contributed by atoms with E-state index in [2.05, 4.69) is 15.5 Å². The molecule has 2 aromatic rings. The van der Waals surface area contributed by atoms with Crippen LogP contribution in [0, 0.1) is 0 Å². The lowest BCUT2D eigenvalue weighted by Crippen LogP contribution is -2.51. The first-order valence-corrected chi connectivity index (χ1v) is 10.2. The van der Waals surface area contributed by atoms with Crippen LogP contribution in [0.3, 0.4) is 0 Å². The summed E-state index contributed by atoms with van der Waals surface area (Å²) in [5, 5.41) is 5.57. The molecule has 164 valence electrons. The minimum Gasteiger partial charge on any atom is -0.497 e. The van der Waals surface area contributed by atoms with Crippen LogP contribution in [0.4, 0.5) is 11.4 Å². The molecule has 0 spiro atoms. The molecule has 0 radical (unpaired) electrons. The molecule has 31 heavy (non-hydrogen) atoms. The molecule has 0 bridgehead atoms. The van der Waals surface area contributed by atoms with E-state index < -0.39 is 0 Å². The number of hydrogen-bond donors (Lipinski definition) is 2. The highest BCUT2D eigenvalue weighted by atomic mass is 16.5. The highest BCUT2D eigenvalue weighted by Crippen LogP contribution is 2.27. The molecular weight excluding hydrogens is 396 g/mol. The lowest BCUT2D eigenvalue weighted by atomic mass is 10.0. The molecule has 3 rings (SSSR count). The molecule has 2 N–H and O–H groups in total. The quantitative estimate of drug-likeness (QED) is 0.744. The molecule has 2 aromatic carbocycles. The fraction of sp³-hybridized carbons (Fsp3) is 0.348. The van der Waals surface area contributed by atoms with Gasteiger partial charge >= 0.3 is 0 Å². The summed E-state index contributed by atoms with van der Waals surface area (Å²) in [5.41, 5.74) is 2.34. The summed E-state index contributed by atoms with van der Waals surface area (Å²) in [6, 6.07) is 14.5. The molecule has 1 fully saturated rings. The fourth-order valence-corrected chi connectivity index (χ4v) is 3.72. The minimum atomic E-state index is -0.145. The van der Waals surface area contributed by atoms with Crippen LogP contribution in [0.1, 0.15) is 25.5 Å². The van der Waals surface area contributed by atoms with Crippen molar-refractivity contribution >= 4 is 29.1 Å². The van der Waals surface area contributed by atoms with Crippen molar-refractivity contribution in [2.45, 2.75) is 19.9 Å². The van der Waals surface area contributed by atoms with Crippen LogP contribution in [-0.4, -0.2) is 60.8 Å². The lowest BCUT2D eigenvalue weighted by Gasteiger charge is -2.41. The van der Waals surface area contributed by atoms with Gasteiger partial charge in [-0.15, -0.1) is 0 Å². The van der Waals surface area contributed by atoms with Crippen molar-refractivity contribution in [3.8, 4) is 5.75 Å². The van der Waals surface area contributed by atoms with E-state index in [0.29, 0.717) is 31.0 Å². The van der Waals surface area contributed by atoms with Gasteiger partial charge in [0.1, 0.15) is 5.75 Å². The van der Waals surface area contributed by atoms with Gasteiger partial charge in [-0.05, 0) is 42.0 Å². The van der Waals surface area contributed by atoms with Crippen LogP contribution in [0.25, 0.3) is 0 Å². The van der Waals surface area contributed by atoms with E-state index in [0.717, 1.165) is 11.3 Å². The number of piperazine rings is 1. The number of rotatable bonds is 6. The minimum absolute atomic E-state index is 0.0178. The molecule has 1 atom stereocenters. The molecule has 1 aliphatic rings. The summed E-state index contributed by atoms with van der Waals surface area (Å²) in [6.45, 7) is 5.00. The van der Waals surface area contributed by atoms with Crippen LogP contribution < -0.4 is 15.4 Å².